The van der Waals surface area contributed by atoms with Gasteiger partial charge in [-0.1, -0.05) is 30.3 Å². The highest BCUT2D eigenvalue weighted by atomic mass is 127. The van der Waals surface area contributed by atoms with Gasteiger partial charge in [-0.2, -0.15) is 0 Å². The fraction of sp³-hybridized carbons (Fsp3) is 0. The largest absolute Gasteiger partial charge is 0.398 e. The maximum Gasteiger partial charge on any atom is 0.274 e. The molecule has 0 atom stereocenters. The van der Waals surface area contributed by atoms with Crippen molar-refractivity contribution in [3.8, 4) is 0 Å². The van der Waals surface area contributed by atoms with E-state index in [0.717, 1.165) is 14.6 Å². The summed E-state index contributed by atoms with van der Waals surface area (Å²) in [7, 11) is 0. The number of nitrogens with zero attached hydrogens (tertiary/aromatic N) is 1. The maximum absolute atomic E-state index is 12.3. The van der Waals surface area contributed by atoms with Crippen LogP contribution in [0.4, 0.5) is 11.4 Å². The van der Waals surface area contributed by atoms with Crippen LogP contribution in [0.1, 0.15) is 10.5 Å². The van der Waals surface area contributed by atoms with Crippen LogP contribution in [-0.2, 0) is 0 Å². The van der Waals surface area contributed by atoms with Crippen LogP contribution < -0.4 is 11.1 Å². The molecule has 3 aromatic rings. The molecular formula is C16H12IN3O. The molecule has 21 heavy (non-hydrogen) atoms. The Kier molecular flexibility index (Phi) is 3.74. The minimum atomic E-state index is -0.267. The van der Waals surface area contributed by atoms with E-state index in [0.29, 0.717) is 16.9 Å². The molecule has 2 aromatic carbocycles. The average molecular weight is 389 g/mol. The van der Waals surface area contributed by atoms with E-state index in [2.05, 4.69) is 32.9 Å². The van der Waals surface area contributed by atoms with Crippen molar-refractivity contribution in [2.45, 2.75) is 0 Å². The molecular weight excluding hydrogens is 377 g/mol. The molecule has 0 fully saturated rings. The molecule has 1 amide bonds. The zero-order valence-electron chi connectivity index (χ0n) is 11.0. The van der Waals surface area contributed by atoms with E-state index in [1.165, 1.54) is 0 Å². The van der Waals surface area contributed by atoms with E-state index >= 15 is 0 Å². The number of aromatic nitrogens is 1. The topological polar surface area (TPSA) is 68.0 Å². The molecule has 3 N–H and O–H groups in total. The van der Waals surface area contributed by atoms with Crippen molar-refractivity contribution in [2.24, 2.45) is 0 Å². The summed E-state index contributed by atoms with van der Waals surface area (Å²) in [6.07, 6.45) is 0. The number of carbonyl (C=O) groups excluding carboxylic acids is 1. The fourth-order valence-corrected chi connectivity index (χ4v) is 2.59. The first-order valence-electron chi connectivity index (χ1n) is 6.36. The molecule has 0 radical (unpaired) electrons. The van der Waals surface area contributed by atoms with Crippen LogP contribution in [0, 0.1) is 3.57 Å². The Morgan fingerprint density at radius 1 is 1.10 bits per heavy atom. The van der Waals surface area contributed by atoms with Crippen LogP contribution in [0.25, 0.3) is 10.9 Å². The zero-order chi connectivity index (χ0) is 14.8. The lowest BCUT2D eigenvalue weighted by atomic mass is 10.1. The second kappa shape index (κ2) is 5.69. The van der Waals surface area contributed by atoms with E-state index in [1.54, 1.807) is 6.07 Å². The summed E-state index contributed by atoms with van der Waals surface area (Å²) >= 11 is 2.17. The van der Waals surface area contributed by atoms with Gasteiger partial charge in [0.15, 0.2) is 0 Å². The van der Waals surface area contributed by atoms with Gasteiger partial charge < -0.3 is 11.1 Å². The molecule has 104 valence electrons. The molecule has 0 aliphatic carbocycles. The number of nitrogens with one attached hydrogen (secondary N) is 1. The number of nitrogen functional groups attached to an aromatic ring is 1. The summed E-state index contributed by atoms with van der Waals surface area (Å²) in [6, 6.07) is 16.7. The van der Waals surface area contributed by atoms with Crippen LogP contribution in [0.15, 0.2) is 54.6 Å². The molecule has 0 saturated heterocycles. The van der Waals surface area contributed by atoms with Crippen molar-refractivity contribution in [1.29, 1.82) is 0 Å². The SMILES string of the molecule is Nc1cc(C(=O)Nc2ccccc2I)nc2ccccc12. The van der Waals surface area contributed by atoms with Crippen molar-refractivity contribution in [2.75, 3.05) is 11.1 Å². The molecule has 5 heteroatoms. The van der Waals surface area contributed by atoms with E-state index in [1.807, 2.05) is 48.5 Å². The molecule has 0 saturated carbocycles. The molecule has 0 aliphatic heterocycles. The number of nitrogens with two attached hydrogens (primary N) is 1. The van der Waals surface area contributed by atoms with E-state index in [9.17, 15) is 4.79 Å². The number of benzene rings is 2. The van der Waals surface area contributed by atoms with E-state index in [4.69, 9.17) is 5.73 Å². The first kappa shape index (κ1) is 13.8. The summed E-state index contributed by atoms with van der Waals surface area (Å²) in [5.41, 5.74) is 8.33. The second-order valence-electron chi connectivity index (χ2n) is 4.55. The van der Waals surface area contributed by atoms with Crippen LogP contribution in [0.3, 0.4) is 0 Å². The number of fused-ring (bicyclic) bond motifs is 1. The standard InChI is InChI=1S/C16H12IN3O/c17-11-6-2-4-8-14(11)20-16(21)15-9-12(18)10-5-1-3-7-13(10)19-15/h1-9H,(H2,18,19)(H,20,21). The number of anilines is 2. The Morgan fingerprint density at radius 2 is 1.81 bits per heavy atom. The van der Waals surface area contributed by atoms with Gasteiger partial charge in [0.2, 0.25) is 0 Å². The Balaban J connectivity index is 1.97. The highest BCUT2D eigenvalue weighted by Gasteiger charge is 2.12. The highest BCUT2D eigenvalue weighted by molar-refractivity contribution is 14.1. The van der Waals surface area contributed by atoms with Gasteiger partial charge in [0, 0.05) is 14.6 Å². The number of para-hydroxylation sites is 2. The normalized spacial score (nSPS) is 10.5. The third-order valence-electron chi connectivity index (χ3n) is 3.10. The molecule has 3 rings (SSSR count). The van der Waals surface area contributed by atoms with Crippen LogP contribution in [0.5, 0.6) is 0 Å². The molecule has 1 heterocycles. The maximum atomic E-state index is 12.3. The monoisotopic (exact) mass is 389 g/mol. The third kappa shape index (κ3) is 2.82. The first-order valence-corrected chi connectivity index (χ1v) is 7.44. The lowest BCUT2D eigenvalue weighted by molar-refractivity contribution is 0.102. The number of carbonyl (C=O) groups is 1. The lowest BCUT2D eigenvalue weighted by Crippen LogP contribution is -2.15. The summed E-state index contributed by atoms with van der Waals surface area (Å²) in [4.78, 5) is 16.7. The number of amides is 1. The molecule has 1 aromatic heterocycles. The van der Waals surface area contributed by atoms with Gasteiger partial charge in [-0.3, -0.25) is 4.79 Å². The number of pyridine rings is 1. The Bertz CT molecular complexity index is 833. The van der Waals surface area contributed by atoms with Crippen molar-refractivity contribution >= 4 is 50.8 Å². The number of hydrogen-bond acceptors (Lipinski definition) is 3. The number of rotatable bonds is 2. The van der Waals surface area contributed by atoms with Gasteiger partial charge in [0.1, 0.15) is 5.69 Å². The molecule has 0 unspecified atom stereocenters. The Morgan fingerprint density at radius 3 is 2.62 bits per heavy atom. The molecule has 4 nitrogen and oxygen atoms in total. The van der Waals surface area contributed by atoms with Gasteiger partial charge in [0.05, 0.1) is 11.2 Å². The van der Waals surface area contributed by atoms with E-state index < -0.39 is 0 Å². The summed E-state index contributed by atoms with van der Waals surface area (Å²) in [5.74, 6) is -0.267. The van der Waals surface area contributed by atoms with Crippen molar-refractivity contribution in [3.05, 3.63) is 63.9 Å². The number of halogens is 1. The summed E-state index contributed by atoms with van der Waals surface area (Å²) in [6.45, 7) is 0. The minimum absolute atomic E-state index is 0.267. The van der Waals surface area contributed by atoms with Crippen molar-refractivity contribution in [3.63, 3.8) is 0 Å². The zero-order valence-corrected chi connectivity index (χ0v) is 13.2. The fourth-order valence-electron chi connectivity index (χ4n) is 2.07. The van der Waals surface area contributed by atoms with Crippen molar-refractivity contribution in [1.82, 2.24) is 4.98 Å². The quantitative estimate of drug-likeness (QED) is 0.658. The van der Waals surface area contributed by atoms with Gasteiger partial charge in [-0.25, -0.2) is 4.98 Å². The minimum Gasteiger partial charge on any atom is -0.398 e. The predicted octanol–water partition coefficient (Wildman–Crippen LogP) is 3.67. The van der Waals surface area contributed by atoms with Gasteiger partial charge in [0.25, 0.3) is 5.91 Å². The number of hydrogen-bond donors (Lipinski definition) is 2. The molecule has 0 aliphatic rings. The molecule has 0 spiro atoms. The smallest absolute Gasteiger partial charge is 0.274 e. The van der Waals surface area contributed by atoms with Gasteiger partial charge in [-0.05, 0) is 46.9 Å². The van der Waals surface area contributed by atoms with Crippen LogP contribution >= 0.6 is 22.6 Å². The lowest BCUT2D eigenvalue weighted by Gasteiger charge is -2.08. The summed E-state index contributed by atoms with van der Waals surface area (Å²) < 4.78 is 0.970. The Labute approximate surface area is 135 Å². The highest BCUT2D eigenvalue weighted by Crippen LogP contribution is 2.22. The Hall–Kier alpha value is -2.15. The van der Waals surface area contributed by atoms with Gasteiger partial charge >= 0.3 is 0 Å². The predicted molar refractivity (Wildman–Crippen MR) is 93.3 cm³/mol. The second-order valence-corrected chi connectivity index (χ2v) is 5.71. The van der Waals surface area contributed by atoms with E-state index in [-0.39, 0.29) is 5.91 Å². The third-order valence-corrected chi connectivity index (χ3v) is 4.04. The van der Waals surface area contributed by atoms with Crippen molar-refractivity contribution < 1.29 is 4.79 Å². The van der Waals surface area contributed by atoms with Gasteiger partial charge in [-0.15, -0.1) is 0 Å². The summed E-state index contributed by atoms with van der Waals surface area (Å²) in [5, 5.41) is 3.70. The first-order chi connectivity index (χ1) is 10.1. The molecule has 0 bridgehead atoms. The van der Waals surface area contributed by atoms with Crippen LogP contribution in [0.2, 0.25) is 0 Å². The average Bonchev–Trinajstić information content (AvgIpc) is 2.49. The van der Waals surface area contributed by atoms with Crippen LogP contribution in [-0.4, -0.2) is 10.9 Å².